The molecule has 1 amide bonds. The topological polar surface area (TPSA) is 63.7 Å². The zero-order chi connectivity index (χ0) is 21.7. The standard InChI is InChI=1S/C23H20ClNO4S/c1-17-8-10-18(11-9-17)12-15-23(26)25(19-13-14-22(29-2)21(24)16-19)30(27,28)20-6-4-3-5-7-20/h3-16H,1-2H3/b15-12+. The molecule has 0 aliphatic heterocycles. The van der Waals surface area contributed by atoms with Crippen LogP contribution in [0, 0.1) is 6.92 Å². The lowest BCUT2D eigenvalue weighted by Gasteiger charge is -2.22. The highest BCUT2D eigenvalue weighted by Gasteiger charge is 2.30. The number of halogens is 1. The van der Waals surface area contributed by atoms with Gasteiger partial charge in [0, 0.05) is 6.08 Å². The van der Waals surface area contributed by atoms with E-state index >= 15 is 0 Å². The third-order valence-electron chi connectivity index (χ3n) is 4.35. The maximum absolute atomic E-state index is 13.3. The minimum absolute atomic E-state index is 0.00553. The van der Waals surface area contributed by atoms with Crippen LogP contribution in [0.1, 0.15) is 11.1 Å². The number of hydrogen-bond acceptors (Lipinski definition) is 4. The highest BCUT2D eigenvalue weighted by Crippen LogP contribution is 2.32. The lowest BCUT2D eigenvalue weighted by molar-refractivity contribution is -0.113. The van der Waals surface area contributed by atoms with Crippen molar-refractivity contribution in [1.29, 1.82) is 0 Å². The van der Waals surface area contributed by atoms with E-state index in [1.165, 1.54) is 43.5 Å². The molecule has 0 aliphatic carbocycles. The van der Waals surface area contributed by atoms with E-state index in [2.05, 4.69) is 0 Å². The van der Waals surface area contributed by atoms with E-state index in [-0.39, 0.29) is 15.6 Å². The molecule has 3 rings (SSSR count). The molecule has 154 valence electrons. The molecule has 0 atom stereocenters. The average Bonchev–Trinajstić information content (AvgIpc) is 2.74. The van der Waals surface area contributed by atoms with Gasteiger partial charge in [0.15, 0.2) is 0 Å². The Hall–Kier alpha value is -3.09. The van der Waals surface area contributed by atoms with Gasteiger partial charge >= 0.3 is 0 Å². The second kappa shape index (κ2) is 9.15. The minimum atomic E-state index is -4.17. The number of amides is 1. The Morgan fingerprint density at radius 3 is 2.27 bits per heavy atom. The van der Waals surface area contributed by atoms with Crippen LogP contribution in [-0.4, -0.2) is 21.4 Å². The molecular weight excluding hydrogens is 422 g/mol. The van der Waals surface area contributed by atoms with Crippen LogP contribution in [0.5, 0.6) is 5.75 Å². The lowest BCUT2D eigenvalue weighted by atomic mass is 10.1. The van der Waals surface area contributed by atoms with Crippen LogP contribution in [0.25, 0.3) is 6.08 Å². The largest absolute Gasteiger partial charge is 0.495 e. The van der Waals surface area contributed by atoms with Gasteiger partial charge in [0.05, 0.1) is 22.7 Å². The van der Waals surface area contributed by atoms with Crippen molar-refractivity contribution in [2.75, 3.05) is 11.4 Å². The summed E-state index contributed by atoms with van der Waals surface area (Å²) in [4.78, 5) is 13.0. The summed E-state index contributed by atoms with van der Waals surface area (Å²) in [5, 5.41) is 0.193. The number of rotatable bonds is 6. The molecule has 7 heteroatoms. The molecule has 5 nitrogen and oxygen atoms in total. The Kier molecular flexibility index (Phi) is 6.59. The first-order valence-electron chi connectivity index (χ1n) is 9.05. The summed E-state index contributed by atoms with van der Waals surface area (Å²) in [7, 11) is -2.71. The maximum atomic E-state index is 13.3. The third-order valence-corrected chi connectivity index (χ3v) is 6.38. The Morgan fingerprint density at radius 2 is 1.67 bits per heavy atom. The van der Waals surface area contributed by atoms with E-state index in [9.17, 15) is 13.2 Å². The highest BCUT2D eigenvalue weighted by atomic mass is 35.5. The summed E-state index contributed by atoms with van der Waals surface area (Å²) in [6.45, 7) is 1.96. The van der Waals surface area contributed by atoms with Crippen molar-refractivity contribution in [2.24, 2.45) is 0 Å². The van der Waals surface area contributed by atoms with Crippen molar-refractivity contribution in [1.82, 2.24) is 0 Å². The van der Waals surface area contributed by atoms with Gasteiger partial charge in [0.2, 0.25) is 0 Å². The summed E-state index contributed by atoms with van der Waals surface area (Å²) >= 11 is 6.19. The van der Waals surface area contributed by atoms with Crippen LogP contribution >= 0.6 is 11.6 Å². The van der Waals surface area contributed by atoms with Crippen molar-refractivity contribution in [3.8, 4) is 5.75 Å². The Morgan fingerprint density at radius 1 is 1.00 bits per heavy atom. The molecule has 3 aromatic rings. The Bertz CT molecular complexity index is 1170. The predicted octanol–water partition coefficient (Wildman–Crippen LogP) is 5.09. The first-order valence-corrected chi connectivity index (χ1v) is 10.9. The summed E-state index contributed by atoms with van der Waals surface area (Å²) in [6, 6.07) is 19.7. The number of hydrogen-bond donors (Lipinski definition) is 0. The smallest absolute Gasteiger partial charge is 0.271 e. The van der Waals surface area contributed by atoms with E-state index in [1.54, 1.807) is 24.3 Å². The van der Waals surface area contributed by atoms with Gasteiger partial charge < -0.3 is 4.74 Å². The fourth-order valence-electron chi connectivity index (χ4n) is 2.78. The Labute approximate surface area is 181 Å². The van der Waals surface area contributed by atoms with Crippen LogP contribution < -0.4 is 9.04 Å². The van der Waals surface area contributed by atoms with Gasteiger partial charge in [-0.15, -0.1) is 0 Å². The molecular formula is C23H20ClNO4S. The van der Waals surface area contributed by atoms with Gasteiger partial charge in [0.1, 0.15) is 5.75 Å². The summed E-state index contributed by atoms with van der Waals surface area (Å²) in [6.07, 6.45) is 2.80. The first-order chi connectivity index (χ1) is 14.3. The molecule has 0 saturated carbocycles. The molecule has 0 aliphatic rings. The SMILES string of the molecule is COc1ccc(N(C(=O)/C=C/c2ccc(C)cc2)S(=O)(=O)c2ccccc2)cc1Cl. The van der Waals surface area contributed by atoms with Crippen molar-refractivity contribution >= 4 is 39.3 Å². The number of benzene rings is 3. The summed E-state index contributed by atoms with van der Waals surface area (Å²) in [5.74, 6) is -0.346. The molecule has 0 unspecified atom stereocenters. The van der Waals surface area contributed by atoms with Gasteiger partial charge in [-0.3, -0.25) is 4.79 Å². The van der Waals surface area contributed by atoms with E-state index in [0.717, 1.165) is 15.4 Å². The molecule has 0 saturated heterocycles. The molecule has 0 heterocycles. The lowest BCUT2D eigenvalue weighted by Crippen LogP contribution is -2.35. The van der Waals surface area contributed by atoms with Gasteiger partial charge in [-0.05, 0) is 48.9 Å². The predicted molar refractivity (Wildman–Crippen MR) is 119 cm³/mol. The van der Waals surface area contributed by atoms with Crippen LogP contribution in [0.4, 0.5) is 5.69 Å². The molecule has 3 aromatic carbocycles. The zero-order valence-electron chi connectivity index (χ0n) is 16.4. The molecule has 30 heavy (non-hydrogen) atoms. The summed E-state index contributed by atoms with van der Waals surface area (Å²) in [5.41, 5.74) is 1.97. The molecule has 0 aromatic heterocycles. The molecule has 0 radical (unpaired) electrons. The third kappa shape index (κ3) is 4.72. The van der Waals surface area contributed by atoms with Crippen LogP contribution in [0.3, 0.4) is 0 Å². The average molecular weight is 442 g/mol. The normalized spacial score (nSPS) is 11.4. The number of carbonyl (C=O) groups excluding carboxylic acids is 1. The number of ether oxygens (including phenoxy) is 1. The van der Waals surface area contributed by atoms with Crippen LogP contribution in [-0.2, 0) is 14.8 Å². The van der Waals surface area contributed by atoms with E-state index in [1.807, 2.05) is 31.2 Å². The van der Waals surface area contributed by atoms with Crippen molar-refractivity contribution in [2.45, 2.75) is 11.8 Å². The zero-order valence-corrected chi connectivity index (χ0v) is 18.0. The molecule has 0 fully saturated rings. The van der Waals surface area contributed by atoms with Crippen molar-refractivity contribution < 1.29 is 17.9 Å². The number of nitrogens with zero attached hydrogens (tertiary/aromatic N) is 1. The minimum Gasteiger partial charge on any atom is -0.495 e. The molecule has 0 spiro atoms. The first kappa shape index (κ1) is 21.6. The monoisotopic (exact) mass is 441 g/mol. The van der Waals surface area contributed by atoms with Gasteiger partial charge in [-0.25, -0.2) is 8.42 Å². The van der Waals surface area contributed by atoms with E-state index < -0.39 is 15.9 Å². The van der Waals surface area contributed by atoms with Gasteiger partial charge in [-0.1, -0.05) is 59.6 Å². The fraction of sp³-hybridized carbons (Fsp3) is 0.0870. The second-order valence-electron chi connectivity index (χ2n) is 6.48. The number of sulfonamides is 1. The van der Waals surface area contributed by atoms with E-state index in [4.69, 9.17) is 16.3 Å². The molecule has 0 bridgehead atoms. The van der Waals surface area contributed by atoms with Crippen molar-refractivity contribution in [3.05, 3.63) is 95.0 Å². The number of methoxy groups -OCH3 is 1. The highest BCUT2D eigenvalue weighted by molar-refractivity contribution is 7.93. The second-order valence-corrected chi connectivity index (χ2v) is 8.68. The number of anilines is 1. The number of aryl methyl sites for hydroxylation is 1. The van der Waals surface area contributed by atoms with Crippen molar-refractivity contribution in [3.63, 3.8) is 0 Å². The van der Waals surface area contributed by atoms with E-state index in [0.29, 0.717) is 5.75 Å². The Balaban J connectivity index is 2.06. The van der Waals surface area contributed by atoms with Gasteiger partial charge in [-0.2, -0.15) is 4.31 Å². The molecule has 0 N–H and O–H groups in total. The maximum Gasteiger partial charge on any atom is 0.271 e. The fourth-order valence-corrected chi connectivity index (χ4v) is 4.43. The van der Waals surface area contributed by atoms with Crippen LogP contribution in [0.15, 0.2) is 83.8 Å². The van der Waals surface area contributed by atoms with Gasteiger partial charge in [0.25, 0.3) is 15.9 Å². The van der Waals surface area contributed by atoms with Crippen LogP contribution in [0.2, 0.25) is 5.02 Å². The summed E-state index contributed by atoms with van der Waals surface area (Å²) < 4.78 is 32.4. The quantitative estimate of drug-likeness (QED) is 0.499. The number of carbonyl (C=O) groups is 1.